The number of carbonyl (C=O) groups excluding carboxylic acids is 1. The predicted molar refractivity (Wildman–Crippen MR) is 126 cm³/mol. The minimum Gasteiger partial charge on any atom is -0.496 e. The first-order valence-electron chi connectivity index (χ1n) is 10.3. The third-order valence-electron chi connectivity index (χ3n) is 5.09. The molecule has 0 atom stereocenters. The molecule has 0 fully saturated rings. The van der Waals surface area contributed by atoms with Crippen LogP contribution in [-0.2, 0) is 18.4 Å². The van der Waals surface area contributed by atoms with Crippen molar-refractivity contribution < 1.29 is 9.53 Å². The average molecular weight is 440 g/mol. The summed E-state index contributed by atoms with van der Waals surface area (Å²) in [5.41, 5.74) is 3.13. The fourth-order valence-electron chi connectivity index (χ4n) is 3.33. The highest BCUT2D eigenvalue weighted by atomic mass is 32.2. The first-order valence-corrected chi connectivity index (χ1v) is 11.3. The SMILES string of the molecule is CCN(CC)c1ccc(-c2nnc(SCC(=O)NCc3ccccc3OC)n2C)cc1. The largest absolute Gasteiger partial charge is 0.496 e. The number of anilines is 1. The fourth-order valence-corrected chi connectivity index (χ4v) is 4.07. The van der Waals surface area contributed by atoms with Crippen molar-refractivity contribution in [3.63, 3.8) is 0 Å². The smallest absolute Gasteiger partial charge is 0.230 e. The number of aromatic nitrogens is 3. The normalized spacial score (nSPS) is 10.7. The van der Waals surface area contributed by atoms with E-state index in [2.05, 4.69) is 58.5 Å². The van der Waals surface area contributed by atoms with Crippen molar-refractivity contribution in [2.75, 3.05) is 30.9 Å². The highest BCUT2D eigenvalue weighted by Gasteiger charge is 2.14. The number of benzene rings is 2. The Balaban J connectivity index is 1.58. The van der Waals surface area contributed by atoms with Crippen molar-refractivity contribution in [3.05, 3.63) is 54.1 Å². The van der Waals surface area contributed by atoms with Gasteiger partial charge in [-0.05, 0) is 44.2 Å². The zero-order valence-electron chi connectivity index (χ0n) is 18.5. The van der Waals surface area contributed by atoms with Crippen molar-refractivity contribution in [2.24, 2.45) is 7.05 Å². The number of hydrogen-bond acceptors (Lipinski definition) is 6. The lowest BCUT2D eigenvalue weighted by Crippen LogP contribution is -2.25. The van der Waals surface area contributed by atoms with Gasteiger partial charge in [0.05, 0.1) is 12.9 Å². The van der Waals surface area contributed by atoms with Gasteiger partial charge < -0.3 is 19.5 Å². The molecule has 0 bridgehead atoms. The number of methoxy groups -OCH3 is 1. The van der Waals surface area contributed by atoms with Crippen LogP contribution < -0.4 is 15.0 Å². The molecule has 0 saturated carbocycles. The minimum absolute atomic E-state index is 0.0657. The van der Waals surface area contributed by atoms with E-state index in [1.807, 2.05) is 35.9 Å². The Morgan fingerprint density at radius 2 is 1.81 bits per heavy atom. The zero-order chi connectivity index (χ0) is 22.2. The molecule has 164 valence electrons. The van der Waals surface area contributed by atoms with E-state index in [0.29, 0.717) is 11.7 Å². The van der Waals surface area contributed by atoms with Crippen LogP contribution in [0, 0.1) is 0 Å². The summed E-state index contributed by atoms with van der Waals surface area (Å²) in [4.78, 5) is 14.6. The maximum atomic E-state index is 12.3. The van der Waals surface area contributed by atoms with E-state index in [9.17, 15) is 4.79 Å². The van der Waals surface area contributed by atoms with Crippen LogP contribution >= 0.6 is 11.8 Å². The lowest BCUT2D eigenvalue weighted by Gasteiger charge is -2.21. The summed E-state index contributed by atoms with van der Waals surface area (Å²) in [6, 6.07) is 16.0. The van der Waals surface area contributed by atoms with Gasteiger partial charge in [0.2, 0.25) is 5.91 Å². The van der Waals surface area contributed by atoms with Crippen molar-refractivity contribution in [1.82, 2.24) is 20.1 Å². The van der Waals surface area contributed by atoms with E-state index < -0.39 is 0 Å². The molecule has 7 nitrogen and oxygen atoms in total. The number of hydrogen-bond donors (Lipinski definition) is 1. The van der Waals surface area contributed by atoms with Gasteiger partial charge in [0.1, 0.15) is 5.75 Å². The molecule has 2 aromatic carbocycles. The van der Waals surface area contributed by atoms with Crippen LogP contribution in [0.5, 0.6) is 5.75 Å². The van der Waals surface area contributed by atoms with E-state index in [-0.39, 0.29) is 11.7 Å². The Morgan fingerprint density at radius 1 is 1.10 bits per heavy atom. The van der Waals surface area contributed by atoms with Crippen LogP contribution in [0.15, 0.2) is 53.7 Å². The van der Waals surface area contributed by atoms with Crippen LogP contribution in [0.4, 0.5) is 5.69 Å². The predicted octanol–water partition coefficient (Wildman–Crippen LogP) is 3.75. The number of amides is 1. The quantitative estimate of drug-likeness (QED) is 0.485. The molecule has 31 heavy (non-hydrogen) atoms. The fraction of sp³-hybridized carbons (Fsp3) is 0.348. The second kappa shape index (κ2) is 10.9. The molecule has 0 aliphatic heterocycles. The molecular weight excluding hydrogens is 410 g/mol. The van der Waals surface area contributed by atoms with Gasteiger partial charge in [-0.15, -0.1) is 10.2 Å². The van der Waals surface area contributed by atoms with Gasteiger partial charge >= 0.3 is 0 Å². The first-order chi connectivity index (χ1) is 15.1. The molecule has 1 amide bonds. The monoisotopic (exact) mass is 439 g/mol. The molecule has 1 heterocycles. The maximum Gasteiger partial charge on any atom is 0.230 e. The number of carbonyl (C=O) groups is 1. The number of para-hydroxylation sites is 1. The summed E-state index contributed by atoms with van der Waals surface area (Å²) < 4.78 is 7.24. The lowest BCUT2D eigenvalue weighted by atomic mass is 10.2. The van der Waals surface area contributed by atoms with Gasteiger partial charge in [-0.2, -0.15) is 0 Å². The molecule has 8 heteroatoms. The zero-order valence-corrected chi connectivity index (χ0v) is 19.3. The highest BCUT2D eigenvalue weighted by Crippen LogP contribution is 2.25. The Kier molecular flexibility index (Phi) is 7.94. The van der Waals surface area contributed by atoms with Crippen LogP contribution in [0.1, 0.15) is 19.4 Å². The van der Waals surface area contributed by atoms with Crippen molar-refractivity contribution in [1.29, 1.82) is 0 Å². The average Bonchev–Trinajstić information content (AvgIpc) is 3.18. The standard InChI is InChI=1S/C23H29N5O2S/c1-5-28(6-2)19-13-11-17(12-14-19)22-25-26-23(27(22)3)31-16-21(29)24-15-18-9-7-8-10-20(18)30-4/h7-14H,5-6,15-16H2,1-4H3,(H,24,29). The Labute approximate surface area is 187 Å². The van der Waals surface area contributed by atoms with E-state index in [4.69, 9.17) is 4.74 Å². The van der Waals surface area contributed by atoms with Crippen molar-refractivity contribution in [3.8, 4) is 17.1 Å². The van der Waals surface area contributed by atoms with Gasteiger partial charge in [-0.1, -0.05) is 30.0 Å². The van der Waals surface area contributed by atoms with Gasteiger partial charge in [-0.3, -0.25) is 4.79 Å². The highest BCUT2D eigenvalue weighted by molar-refractivity contribution is 7.99. The van der Waals surface area contributed by atoms with Crippen molar-refractivity contribution >= 4 is 23.4 Å². The molecule has 0 aliphatic carbocycles. The summed E-state index contributed by atoms with van der Waals surface area (Å²) in [7, 11) is 3.54. The molecule has 3 aromatic rings. The Bertz CT molecular complexity index is 999. The molecule has 0 spiro atoms. The third kappa shape index (κ3) is 5.58. The van der Waals surface area contributed by atoms with E-state index in [1.54, 1.807) is 7.11 Å². The van der Waals surface area contributed by atoms with Gasteiger partial charge in [0.15, 0.2) is 11.0 Å². The third-order valence-corrected chi connectivity index (χ3v) is 6.11. The first kappa shape index (κ1) is 22.7. The summed E-state index contributed by atoms with van der Waals surface area (Å²) >= 11 is 1.37. The second-order valence-electron chi connectivity index (χ2n) is 6.96. The van der Waals surface area contributed by atoms with Gasteiger partial charge in [0, 0.05) is 43.5 Å². The van der Waals surface area contributed by atoms with E-state index in [0.717, 1.165) is 35.8 Å². The number of nitrogens with zero attached hydrogens (tertiary/aromatic N) is 4. The van der Waals surface area contributed by atoms with Crippen LogP contribution in [0.3, 0.4) is 0 Å². The molecule has 0 radical (unpaired) electrons. The Hall–Kier alpha value is -3.00. The summed E-state index contributed by atoms with van der Waals surface area (Å²) in [6.45, 7) is 6.66. The molecular formula is C23H29N5O2S. The molecule has 3 rings (SSSR count). The number of nitrogens with one attached hydrogen (secondary N) is 1. The van der Waals surface area contributed by atoms with Crippen molar-refractivity contribution in [2.45, 2.75) is 25.5 Å². The topological polar surface area (TPSA) is 72.3 Å². The number of rotatable bonds is 10. The van der Waals surface area contributed by atoms with E-state index >= 15 is 0 Å². The molecule has 0 saturated heterocycles. The van der Waals surface area contributed by atoms with Crippen LogP contribution in [-0.4, -0.2) is 46.6 Å². The number of thioether (sulfide) groups is 1. The van der Waals surface area contributed by atoms with E-state index in [1.165, 1.54) is 17.4 Å². The van der Waals surface area contributed by atoms with Gasteiger partial charge in [-0.25, -0.2) is 0 Å². The minimum atomic E-state index is -0.0657. The second-order valence-corrected chi connectivity index (χ2v) is 7.90. The summed E-state index contributed by atoms with van der Waals surface area (Å²) in [5.74, 6) is 1.75. The summed E-state index contributed by atoms with van der Waals surface area (Å²) in [6.07, 6.45) is 0. The molecule has 0 aliphatic rings. The summed E-state index contributed by atoms with van der Waals surface area (Å²) in [5, 5.41) is 12.2. The van der Waals surface area contributed by atoms with Gasteiger partial charge in [0.25, 0.3) is 0 Å². The molecule has 1 N–H and O–H groups in total. The molecule has 1 aromatic heterocycles. The number of ether oxygens (including phenoxy) is 1. The molecule has 0 unspecified atom stereocenters. The lowest BCUT2D eigenvalue weighted by molar-refractivity contribution is -0.118. The van der Waals surface area contributed by atoms with Crippen LogP contribution in [0.2, 0.25) is 0 Å². The maximum absolute atomic E-state index is 12.3. The Morgan fingerprint density at radius 3 is 2.48 bits per heavy atom. The van der Waals surface area contributed by atoms with Crippen LogP contribution in [0.25, 0.3) is 11.4 Å².